The number of nitrogens with one attached hydrogen (secondary N) is 1. The van der Waals surface area contributed by atoms with Crippen LogP contribution in [0.3, 0.4) is 0 Å². The highest BCUT2D eigenvalue weighted by Gasteiger charge is 2.33. The predicted octanol–water partition coefficient (Wildman–Crippen LogP) is 1.51. The molecular formula is C14H26N2O. The second-order valence-electron chi connectivity index (χ2n) is 6.17. The van der Waals surface area contributed by atoms with E-state index in [0.717, 1.165) is 12.5 Å². The van der Waals surface area contributed by atoms with Crippen LogP contribution in [-0.4, -0.2) is 47.3 Å². The Hall–Kier alpha value is -0.120. The van der Waals surface area contributed by atoms with Gasteiger partial charge in [-0.1, -0.05) is 12.8 Å². The van der Waals surface area contributed by atoms with E-state index in [2.05, 4.69) is 10.2 Å². The Kier molecular flexibility index (Phi) is 3.69. The number of aliphatic hydroxyl groups is 1. The molecule has 3 aliphatic rings. The van der Waals surface area contributed by atoms with Crippen LogP contribution in [-0.2, 0) is 0 Å². The van der Waals surface area contributed by atoms with Crippen molar-refractivity contribution in [3.8, 4) is 0 Å². The standard InChI is InChI=1S/C14H26N2O/c17-14-4-2-1-3-13(14)15-11-7-9-16(10-8-11)12-5-6-12/h11-15,17H,1-10H2. The van der Waals surface area contributed by atoms with Gasteiger partial charge in [-0.15, -0.1) is 0 Å². The lowest BCUT2D eigenvalue weighted by Gasteiger charge is -2.37. The fraction of sp³-hybridized carbons (Fsp3) is 1.00. The Morgan fingerprint density at radius 1 is 0.882 bits per heavy atom. The molecule has 17 heavy (non-hydrogen) atoms. The van der Waals surface area contributed by atoms with Gasteiger partial charge in [-0.2, -0.15) is 0 Å². The van der Waals surface area contributed by atoms with Crippen LogP contribution in [0.15, 0.2) is 0 Å². The van der Waals surface area contributed by atoms with E-state index >= 15 is 0 Å². The molecule has 0 aromatic carbocycles. The Morgan fingerprint density at radius 3 is 2.24 bits per heavy atom. The van der Waals surface area contributed by atoms with Crippen molar-refractivity contribution in [1.29, 1.82) is 0 Å². The van der Waals surface area contributed by atoms with Gasteiger partial charge in [0.15, 0.2) is 0 Å². The molecule has 1 heterocycles. The second-order valence-corrected chi connectivity index (χ2v) is 6.17. The number of hydrogen-bond donors (Lipinski definition) is 2. The van der Waals surface area contributed by atoms with E-state index in [-0.39, 0.29) is 6.10 Å². The van der Waals surface area contributed by atoms with E-state index in [9.17, 15) is 5.11 Å². The predicted molar refractivity (Wildman–Crippen MR) is 69.0 cm³/mol. The molecule has 2 atom stereocenters. The third-order valence-corrected chi connectivity index (χ3v) is 4.77. The average Bonchev–Trinajstić information content (AvgIpc) is 3.17. The molecule has 2 aliphatic carbocycles. The van der Waals surface area contributed by atoms with Crippen LogP contribution >= 0.6 is 0 Å². The molecule has 2 unspecified atom stereocenters. The minimum atomic E-state index is -0.0924. The summed E-state index contributed by atoms with van der Waals surface area (Å²) in [7, 11) is 0. The molecule has 1 aliphatic heterocycles. The van der Waals surface area contributed by atoms with Gasteiger partial charge in [0, 0.05) is 18.1 Å². The second kappa shape index (κ2) is 5.25. The fourth-order valence-electron chi connectivity index (χ4n) is 3.48. The lowest BCUT2D eigenvalue weighted by molar-refractivity contribution is 0.0758. The highest BCUT2D eigenvalue weighted by Crippen LogP contribution is 2.29. The van der Waals surface area contributed by atoms with Crippen molar-refractivity contribution >= 4 is 0 Å². The van der Waals surface area contributed by atoms with Crippen LogP contribution in [0.2, 0.25) is 0 Å². The fourth-order valence-corrected chi connectivity index (χ4v) is 3.48. The Labute approximate surface area is 105 Å². The molecule has 3 rings (SSSR count). The highest BCUT2D eigenvalue weighted by atomic mass is 16.3. The summed E-state index contributed by atoms with van der Waals surface area (Å²) < 4.78 is 0. The molecule has 0 aromatic heterocycles. The van der Waals surface area contributed by atoms with Crippen LogP contribution in [0.4, 0.5) is 0 Å². The first-order valence-electron chi connectivity index (χ1n) is 7.51. The summed E-state index contributed by atoms with van der Waals surface area (Å²) in [5.41, 5.74) is 0. The van der Waals surface area contributed by atoms with Crippen LogP contribution < -0.4 is 5.32 Å². The van der Waals surface area contributed by atoms with Crippen molar-refractivity contribution in [3.63, 3.8) is 0 Å². The topological polar surface area (TPSA) is 35.5 Å². The van der Waals surface area contributed by atoms with Crippen molar-refractivity contribution in [3.05, 3.63) is 0 Å². The molecule has 0 spiro atoms. The van der Waals surface area contributed by atoms with Gasteiger partial charge < -0.3 is 15.3 Å². The van der Waals surface area contributed by atoms with E-state index in [1.165, 1.54) is 58.0 Å². The maximum atomic E-state index is 9.98. The van der Waals surface area contributed by atoms with E-state index in [1.54, 1.807) is 0 Å². The molecule has 2 N–H and O–H groups in total. The lowest BCUT2D eigenvalue weighted by atomic mass is 9.91. The molecule has 0 bridgehead atoms. The zero-order valence-corrected chi connectivity index (χ0v) is 10.8. The zero-order chi connectivity index (χ0) is 11.7. The summed E-state index contributed by atoms with van der Waals surface area (Å²) in [5.74, 6) is 0. The third kappa shape index (κ3) is 3.01. The Morgan fingerprint density at radius 2 is 1.59 bits per heavy atom. The Bertz CT molecular complexity index is 247. The first-order chi connectivity index (χ1) is 8.33. The number of hydrogen-bond acceptors (Lipinski definition) is 3. The van der Waals surface area contributed by atoms with Crippen LogP contribution in [0, 0.1) is 0 Å². The van der Waals surface area contributed by atoms with E-state index in [1.807, 2.05) is 0 Å². The average molecular weight is 238 g/mol. The van der Waals surface area contributed by atoms with Gasteiger partial charge in [-0.05, 0) is 51.6 Å². The van der Waals surface area contributed by atoms with Crippen molar-refractivity contribution < 1.29 is 5.11 Å². The van der Waals surface area contributed by atoms with Gasteiger partial charge >= 0.3 is 0 Å². The molecule has 3 nitrogen and oxygen atoms in total. The minimum absolute atomic E-state index is 0.0924. The number of nitrogens with zero attached hydrogens (tertiary/aromatic N) is 1. The quantitative estimate of drug-likeness (QED) is 0.782. The van der Waals surface area contributed by atoms with Crippen molar-refractivity contribution in [2.24, 2.45) is 0 Å². The number of rotatable bonds is 3. The molecule has 98 valence electrons. The molecule has 3 fully saturated rings. The molecule has 0 amide bonds. The van der Waals surface area contributed by atoms with Gasteiger partial charge in [0.05, 0.1) is 6.10 Å². The van der Waals surface area contributed by atoms with Crippen LogP contribution in [0.1, 0.15) is 51.4 Å². The zero-order valence-electron chi connectivity index (χ0n) is 10.8. The first-order valence-corrected chi connectivity index (χ1v) is 7.51. The van der Waals surface area contributed by atoms with Crippen molar-refractivity contribution in [1.82, 2.24) is 10.2 Å². The molecular weight excluding hydrogens is 212 g/mol. The molecule has 3 heteroatoms. The maximum Gasteiger partial charge on any atom is 0.0693 e. The summed E-state index contributed by atoms with van der Waals surface area (Å²) in [6.07, 6.45) is 9.99. The maximum absolute atomic E-state index is 9.98. The molecule has 2 saturated carbocycles. The lowest BCUT2D eigenvalue weighted by Crippen LogP contribution is -2.51. The highest BCUT2D eigenvalue weighted by molar-refractivity contribution is 4.91. The van der Waals surface area contributed by atoms with Gasteiger partial charge in [0.1, 0.15) is 0 Å². The molecule has 1 saturated heterocycles. The van der Waals surface area contributed by atoms with E-state index in [4.69, 9.17) is 0 Å². The number of piperidine rings is 1. The number of likely N-dealkylation sites (tertiary alicyclic amines) is 1. The summed E-state index contributed by atoms with van der Waals surface area (Å²) >= 11 is 0. The normalized spacial score (nSPS) is 37.2. The monoisotopic (exact) mass is 238 g/mol. The van der Waals surface area contributed by atoms with E-state index < -0.39 is 0 Å². The van der Waals surface area contributed by atoms with Crippen molar-refractivity contribution in [2.75, 3.05) is 13.1 Å². The largest absolute Gasteiger partial charge is 0.392 e. The molecule has 0 aromatic rings. The Balaban J connectivity index is 1.43. The van der Waals surface area contributed by atoms with Gasteiger partial charge in [-0.25, -0.2) is 0 Å². The SMILES string of the molecule is OC1CCCCC1NC1CCN(C2CC2)CC1. The summed E-state index contributed by atoms with van der Waals surface area (Å²) in [4.78, 5) is 2.66. The summed E-state index contributed by atoms with van der Waals surface area (Å²) in [6, 6.07) is 1.96. The van der Waals surface area contributed by atoms with Crippen molar-refractivity contribution in [2.45, 2.75) is 75.6 Å². The molecule has 0 radical (unpaired) electrons. The summed E-state index contributed by atoms with van der Waals surface area (Å²) in [6.45, 7) is 2.54. The van der Waals surface area contributed by atoms with Gasteiger partial charge in [0.2, 0.25) is 0 Å². The third-order valence-electron chi connectivity index (χ3n) is 4.77. The van der Waals surface area contributed by atoms with Gasteiger partial charge in [0.25, 0.3) is 0 Å². The summed E-state index contributed by atoms with van der Waals surface area (Å²) in [5, 5.41) is 13.7. The smallest absolute Gasteiger partial charge is 0.0693 e. The van der Waals surface area contributed by atoms with Crippen LogP contribution in [0.25, 0.3) is 0 Å². The van der Waals surface area contributed by atoms with E-state index in [0.29, 0.717) is 12.1 Å². The van der Waals surface area contributed by atoms with Gasteiger partial charge in [-0.3, -0.25) is 0 Å². The first kappa shape index (κ1) is 11.9. The van der Waals surface area contributed by atoms with Crippen LogP contribution in [0.5, 0.6) is 0 Å². The minimum Gasteiger partial charge on any atom is -0.392 e. The number of aliphatic hydroxyl groups excluding tert-OH is 1.